The molecule has 4 rings (SSSR count). The highest BCUT2D eigenvalue weighted by atomic mass is 28.4. The fourth-order valence-corrected chi connectivity index (χ4v) is 10.2. The molecule has 2 aromatic rings. The molecule has 35 heavy (non-hydrogen) atoms. The first-order valence-electron chi connectivity index (χ1n) is 12.7. The fourth-order valence-electron chi connectivity index (χ4n) is 5.63. The summed E-state index contributed by atoms with van der Waals surface area (Å²) in [4.78, 5) is 0. The summed E-state index contributed by atoms with van der Waals surface area (Å²) >= 11 is 0. The van der Waals surface area contributed by atoms with Crippen LogP contribution in [-0.4, -0.2) is 45.1 Å². The average molecular weight is 493 g/mol. The standard InChI is InChI=1S/C30H40O4Si/c1-29(2,3)35(25-12-8-6-9-13-25,26-14-10-7-11-15-26)33-21-23-16-17-24(18-19-31)27(20-23)28-22-32-30(4,5)34-28/h6-16,18,27-28,31H,17,19-22H2,1-5H3/b24-18-/t27?,28-/m1/s1. The smallest absolute Gasteiger partial charge is 0.261 e. The third kappa shape index (κ3) is 5.55. The molecule has 2 aliphatic rings. The van der Waals surface area contributed by atoms with Gasteiger partial charge in [-0.3, -0.25) is 0 Å². The zero-order valence-electron chi connectivity index (χ0n) is 21.8. The number of rotatable bonds is 7. The predicted molar refractivity (Wildman–Crippen MR) is 144 cm³/mol. The molecule has 4 nitrogen and oxygen atoms in total. The summed E-state index contributed by atoms with van der Waals surface area (Å²) in [6.45, 7) is 12.1. The van der Waals surface area contributed by atoms with Crippen molar-refractivity contribution in [2.24, 2.45) is 5.92 Å². The lowest BCUT2D eigenvalue weighted by Gasteiger charge is -2.43. The predicted octanol–water partition coefficient (Wildman–Crippen LogP) is 4.97. The minimum Gasteiger partial charge on any atom is -0.403 e. The van der Waals surface area contributed by atoms with Gasteiger partial charge in [0.15, 0.2) is 5.79 Å². The quantitative estimate of drug-likeness (QED) is 0.438. The molecule has 1 heterocycles. The maximum atomic E-state index is 9.61. The van der Waals surface area contributed by atoms with Gasteiger partial charge in [0.25, 0.3) is 8.32 Å². The van der Waals surface area contributed by atoms with E-state index < -0.39 is 14.1 Å². The minimum atomic E-state index is -2.59. The Morgan fingerprint density at radius 2 is 1.63 bits per heavy atom. The Bertz CT molecular complexity index is 998. The third-order valence-corrected chi connectivity index (χ3v) is 12.3. The largest absolute Gasteiger partial charge is 0.403 e. The molecule has 2 aromatic carbocycles. The van der Waals surface area contributed by atoms with Gasteiger partial charge in [-0.15, -0.1) is 0 Å². The van der Waals surface area contributed by atoms with Crippen molar-refractivity contribution in [1.82, 2.24) is 0 Å². The van der Waals surface area contributed by atoms with Crippen LogP contribution in [0.15, 0.2) is 84.0 Å². The summed E-state index contributed by atoms with van der Waals surface area (Å²) in [5.74, 6) is -0.381. The zero-order valence-corrected chi connectivity index (χ0v) is 22.8. The van der Waals surface area contributed by atoms with Crippen molar-refractivity contribution in [1.29, 1.82) is 0 Å². The second-order valence-corrected chi connectivity index (χ2v) is 15.5. The van der Waals surface area contributed by atoms with Gasteiger partial charge in [-0.2, -0.15) is 0 Å². The van der Waals surface area contributed by atoms with Crippen molar-refractivity contribution in [3.05, 3.63) is 84.0 Å². The van der Waals surface area contributed by atoms with E-state index in [1.165, 1.54) is 21.5 Å². The van der Waals surface area contributed by atoms with E-state index in [0.717, 1.165) is 12.8 Å². The van der Waals surface area contributed by atoms with Gasteiger partial charge in [-0.25, -0.2) is 0 Å². The van der Waals surface area contributed by atoms with Crippen LogP contribution < -0.4 is 10.4 Å². The fraction of sp³-hybridized carbons (Fsp3) is 0.467. The summed E-state index contributed by atoms with van der Waals surface area (Å²) in [5, 5.41) is 12.1. The number of hydrogen-bond donors (Lipinski definition) is 1. The Balaban J connectivity index is 1.64. The van der Waals surface area contributed by atoms with Crippen LogP contribution in [-0.2, 0) is 13.9 Å². The highest BCUT2D eigenvalue weighted by Gasteiger charge is 2.50. The van der Waals surface area contributed by atoms with Gasteiger partial charge in [-0.05, 0) is 47.7 Å². The minimum absolute atomic E-state index is 0.0145. The van der Waals surface area contributed by atoms with Gasteiger partial charge in [0.05, 0.1) is 25.9 Å². The average Bonchev–Trinajstić information content (AvgIpc) is 3.20. The van der Waals surface area contributed by atoms with Crippen molar-refractivity contribution in [2.45, 2.75) is 64.4 Å². The highest BCUT2D eigenvalue weighted by Crippen LogP contribution is 2.40. The Morgan fingerprint density at radius 1 is 1.03 bits per heavy atom. The van der Waals surface area contributed by atoms with Crippen LogP contribution in [0.5, 0.6) is 0 Å². The molecular formula is C30H40O4Si. The van der Waals surface area contributed by atoms with Gasteiger partial charge in [-0.1, -0.05) is 99.2 Å². The molecule has 188 valence electrons. The van der Waals surface area contributed by atoms with E-state index in [-0.39, 0.29) is 23.7 Å². The van der Waals surface area contributed by atoms with Gasteiger partial charge in [0.1, 0.15) is 0 Å². The summed E-state index contributed by atoms with van der Waals surface area (Å²) in [6.07, 6.45) is 5.88. The first-order valence-corrected chi connectivity index (χ1v) is 14.6. The van der Waals surface area contributed by atoms with Crippen molar-refractivity contribution in [2.75, 3.05) is 19.8 Å². The van der Waals surface area contributed by atoms with Gasteiger partial charge in [0.2, 0.25) is 0 Å². The van der Waals surface area contributed by atoms with E-state index in [2.05, 4.69) is 87.5 Å². The SMILES string of the molecule is CC1(C)OC[C@H](C2CC(CO[Si](c3ccccc3)(c3ccccc3)C(C)(C)C)=CC/C2=C/CO)O1. The monoisotopic (exact) mass is 492 g/mol. The van der Waals surface area contributed by atoms with Crippen LogP contribution >= 0.6 is 0 Å². The van der Waals surface area contributed by atoms with Crippen LogP contribution in [0.25, 0.3) is 0 Å². The molecule has 1 unspecified atom stereocenters. The Hall–Kier alpha value is -2.02. The second kappa shape index (κ2) is 10.5. The molecule has 0 bridgehead atoms. The van der Waals surface area contributed by atoms with Gasteiger partial charge in [0, 0.05) is 5.92 Å². The molecule has 1 fully saturated rings. The number of hydrogen-bond acceptors (Lipinski definition) is 4. The Kier molecular flexibility index (Phi) is 7.84. The maximum Gasteiger partial charge on any atom is 0.261 e. The molecule has 0 spiro atoms. The summed E-state index contributed by atoms with van der Waals surface area (Å²) < 4.78 is 19.3. The van der Waals surface area contributed by atoms with Crippen LogP contribution in [0, 0.1) is 5.92 Å². The normalized spacial score (nSPS) is 23.9. The molecule has 1 saturated heterocycles. The number of ether oxygens (including phenoxy) is 2. The van der Waals surface area contributed by atoms with Crippen molar-refractivity contribution in [3.63, 3.8) is 0 Å². The van der Waals surface area contributed by atoms with Gasteiger partial charge >= 0.3 is 0 Å². The van der Waals surface area contributed by atoms with E-state index in [9.17, 15) is 5.11 Å². The van der Waals surface area contributed by atoms with E-state index in [0.29, 0.717) is 13.2 Å². The number of benzene rings is 2. The second-order valence-electron chi connectivity index (χ2n) is 11.2. The molecule has 0 amide bonds. The lowest BCUT2D eigenvalue weighted by molar-refractivity contribution is -0.143. The molecule has 1 N–H and O–H groups in total. The van der Waals surface area contributed by atoms with E-state index >= 15 is 0 Å². The Morgan fingerprint density at radius 3 is 2.11 bits per heavy atom. The molecule has 0 radical (unpaired) electrons. The third-order valence-electron chi connectivity index (χ3n) is 7.31. The van der Waals surface area contributed by atoms with Crippen LogP contribution in [0.1, 0.15) is 47.5 Å². The molecule has 1 aliphatic carbocycles. The Labute approximate surface area is 211 Å². The first kappa shape index (κ1) is 26.1. The molecule has 1 aliphatic heterocycles. The summed E-state index contributed by atoms with van der Waals surface area (Å²) in [7, 11) is -2.59. The first-order chi connectivity index (χ1) is 16.7. The van der Waals surface area contributed by atoms with Crippen molar-refractivity contribution in [3.8, 4) is 0 Å². The molecule has 0 saturated carbocycles. The highest BCUT2D eigenvalue weighted by molar-refractivity contribution is 6.99. The van der Waals surface area contributed by atoms with Crippen LogP contribution in [0.2, 0.25) is 5.04 Å². The van der Waals surface area contributed by atoms with Crippen LogP contribution in [0.4, 0.5) is 0 Å². The molecule has 0 aromatic heterocycles. The summed E-state index contributed by atoms with van der Waals surface area (Å²) in [5.41, 5.74) is 2.53. The number of aliphatic hydroxyl groups excluding tert-OH is 1. The lowest BCUT2D eigenvalue weighted by atomic mass is 9.81. The van der Waals surface area contributed by atoms with Gasteiger partial charge < -0.3 is 19.0 Å². The number of aliphatic hydroxyl groups is 1. The van der Waals surface area contributed by atoms with E-state index in [1.807, 2.05) is 19.9 Å². The summed E-state index contributed by atoms with van der Waals surface area (Å²) in [6, 6.07) is 21.6. The molecular weight excluding hydrogens is 452 g/mol. The molecule has 2 atom stereocenters. The van der Waals surface area contributed by atoms with Crippen LogP contribution in [0.3, 0.4) is 0 Å². The lowest BCUT2D eigenvalue weighted by Crippen LogP contribution is -2.66. The van der Waals surface area contributed by atoms with Crippen molar-refractivity contribution >= 4 is 18.7 Å². The van der Waals surface area contributed by atoms with E-state index in [4.69, 9.17) is 13.9 Å². The molecule has 5 heteroatoms. The van der Waals surface area contributed by atoms with Crippen molar-refractivity contribution < 1.29 is 19.0 Å². The zero-order chi connectivity index (χ0) is 25.1. The maximum absolute atomic E-state index is 9.61. The number of allylic oxidation sites excluding steroid dienone is 1. The topological polar surface area (TPSA) is 47.9 Å². The van der Waals surface area contributed by atoms with E-state index in [1.54, 1.807) is 0 Å².